The number of piperidine rings is 1. The highest BCUT2D eigenvalue weighted by Gasteiger charge is 2.36. The van der Waals surface area contributed by atoms with Crippen LogP contribution in [0.1, 0.15) is 25.7 Å². The first-order chi connectivity index (χ1) is 9.87. The van der Waals surface area contributed by atoms with Crippen molar-refractivity contribution in [1.82, 2.24) is 10.0 Å². The van der Waals surface area contributed by atoms with Crippen molar-refractivity contribution in [3.8, 4) is 0 Å². The van der Waals surface area contributed by atoms with Gasteiger partial charge in [0.05, 0.1) is 10.0 Å². The summed E-state index contributed by atoms with van der Waals surface area (Å²) in [5.74, 6) is -0.911. The van der Waals surface area contributed by atoms with E-state index in [0.29, 0.717) is 12.1 Å². The van der Waals surface area contributed by atoms with E-state index in [0.717, 1.165) is 25.7 Å². The van der Waals surface area contributed by atoms with Crippen molar-refractivity contribution in [3.05, 3.63) is 28.0 Å². The Morgan fingerprint density at radius 3 is 2.43 bits per heavy atom. The minimum Gasteiger partial charge on any atom is -0.311 e. The van der Waals surface area contributed by atoms with Crippen LogP contribution in [0.3, 0.4) is 0 Å². The molecule has 116 valence electrons. The maximum Gasteiger partial charge on any atom is 0.242 e. The summed E-state index contributed by atoms with van der Waals surface area (Å²) >= 11 is 11.4. The van der Waals surface area contributed by atoms with Crippen LogP contribution in [0.4, 0.5) is 4.39 Å². The minimum atomic E-state index is -3.86. The fourth-order valence-electron chi connectivity index (χ4n) is 3.15. The quantitative estimate of drug-likeness (QED) is 0.822. The zero-order chi connectivity index (χ0) is 15.2. The highest BCUT2D eigenvalue weighted by molar-refractivity contribution is 7.89. The summed E-state index contributed by atoms with van der Waals surface area (Å²) in [6.07, 6.45) is 3.62. The van der Waals surface area contributed by atoms with E-state index in [-0.39, 0.29) is 16.0 Å². The van der Waals surface area contributed by atoms with E-state index < -0.39 is 20.9 Å². The number of benzene rings is 1. The van der Waals surface area contributed by atoms with Crippen molar-refractivity contribution >= 4 is 33.2 Å². The van der Waals surface area contributed by atoms with Crippen LogP contribution in [0.25, 0.3) is 0 Å². The van der Waals surface area contributed by atoms with Gasteiger partial charge in [0.2, 0.25) is 10.0 Å². The molecule has 4 nitrogen and oxygen atoms in total. The van der Waals surface area contributed by atoms with Crippen molar-refractivity contribution in [2.24, 2.45) is 0 Å². The molecule has 0 aromatic heterocycles. The third-order valence-electron chi connectivity index (χ3n) is 4.08. The maximum absolute atomic E-state index is 13.7. The van der Waals surface area contributed by atoms with Gasteiger partial charge < -0.3 is 5.32 Å². The van der Waals surface area contributed by atoms with Gasteiger partial charge in [-0.2, -0.15) is 0 Å². The SMILES string of the molecule is O=S(=O)(NC1CC2CCC(C1)N2)c1ccc(Cl)c(F)c1Cl. The lowest BCUT2D eigenvalue weighted by molar-refractivity contribution is 0.345. The highest BCUT2D eigenvalue weighted by Crippen LogP contribution is 2.31. The van der Waals surface area contributed by atoms with Crippen LogP contribution >= 0.6 is 23.2 Å². The lowest BCUT2D eigenvalue weighted by Crippen LogP contribution is -2.47. The Morgan fingerprint density at radius 1 is 1.19 bits per heavy atom. The van der Waals surface area contributed by atoms with Gasteiger partial charge in [-0.1, -0.05) is 23.2 Å². The molecular weight excluding hydrogens is 338 g/mol. The van der Waals surface area contributed by atoms with Gasteiger partial charge in [-0.05, 0) is 37.8 Å². The third-order valence-corrected chi connectivity index (χ3v) is 6.42. The van der Waals surface area contributed by atoms with E-state index in [1.807, 2.05) is 0 Å². The summed E-state index contributed by atoms with van der Waals surface area (Å²) in [5, 5.41) is 2.77. The van der Waals surface area contributed by atoms with Gasteiger partial charge in [0.25, 0.3) is 0 Å². The van der Waals surface area contributed by atoms with Gasteiger partial charge in [0, 0.05) is 18.1 Å². The number of hydrogen-bond donors (Lipinski definition) is 2. The van der Waals surface area contributed by atoms with Crippen LogP contribution in [0.15, 0.2) is 17.0 Å². The van der Waals surface area contributed by atoms with Gasteiger partial charge in [0.15, 0.2) is 5.82 Å². The van der Waals surface area contributed by atoms with Gasteiger partial charge in [-0.25, -0.2) is 17.5 Å². The molecule has 2 heterocycles. The standard InChI is InChI=1S/C13H15Cl2FN2O2S/c14-10-3-4-11(12(15)13(10)16)21(19,20)18-9-5-7-1-2-8(6-9)17-7/h3-4,7-9,17-18H,1-2,5-6H2. The Bertz CT molecular complexity index is 656. The topological polar surface area (TPSA) is 58.2 Å². The zero-order valence-corrected chi connectivity index (χ0v) is 13.4. The lowest BCUT2D eigenvalue weighted by Gasteiger charge is -2.29. The maximum atomic E-state index is 13.7. The van der Waals surface area contributed by atoms with E-state index in [1.165, 1.54) is 12.1 Å². The molecule has 2 N–H and O–H groups in total. The van der Waals surface area contributed by atoms with Crippen LogP contribution in [0.2, 0.25) is 10.0 Å². The molecule has 2 atom stereocenters. The van der Waals surface area contributed by atoms with Crippen LogP contribution in [0.5, 0.6) is 0 Å². The monoisotopic (exact) mass is 352 g/mol. The van der Waals surface area contributed by atoms with E-state index in [1.54, 1.807) is 0 Å². The van der Waals surface area contributed by atoms with Crippen LogP contribution in [-0.4, -0.2) is 26.5 Å². The molecule has 1 aromatic rings. The van der Waals surface area contributed by atoms with Crippen molar-refractivity contribution in [1.29, 1.82) is 0 Å². The summed E-state index contributed by atoms with van der Waals surface area (Å²) in [5.41, 5.74) is 0. The van der Waals surface area contributed by atoms with E-state index in [4.69, 9.17) is 23.2 Å². The predicted molar refractivity (Wildman–Crippen MR) is 79.7 cm³/mol. The zero-order valence-electron chi connectivity index (χ0n) is 11.1. The smallest absolute Gasteiger partial charge is 0.242 e. The first-order valence-corrected chi connectivity index (χ1v) is 9.02. The van der Waals surface area contributed by atoms with Gasteiger partial charge in [-0.3, -0.25) is 0 Å². The van der Waals surface area contributed by atoms with Crippen molar-refractivity contribution < 1.29 is 12.8 Å². The molecular formula is C13H15Cl2FN2O2S. The van der Waals surface area contributed by atoms with Crippen LogP contribution < -0.4 is 10.0 Å². The highest BCUT2D eigenvalue weighted by atomic mass is 35.5. The largest absolute Gasteiger partial charge is 0.311 e. The molecule has 0 aliphatic carbocycles. The Morgan fingerprint density at radius 2 is 1.81 bits per heavy atom. The summed E-state index contributed by atoms with van der Waals surface area (Å²) in [6.45, 7) is 0. The van der Waals surface area contributed by atoms with Crippen LogP contribution in [-0.2, 0) is 10.0 Å². The summed E-state index contributed by atoms with van der Waals surface area (Å²) in [4.78, 5) is -0.267. The van der Waals surface area contributed by atoms with Crippen molar-refractivity contribution in [3.63, 3.8) is 0 Å². The van der Waals surface area contributed by atoms with Crippen molar-refractivity contribution in [2.45, 2.75) is 48.7 Å². The molecule has 0 spiro atoms. The average molecular weight is 353 g/mol. The van der Waals surface area contributed by atoms with Gasteiger partial charge in [0.1, 0.15) is 4.90 Å². The predicted octanol–water partition coefficient (Wildman–Crippen LogP) is 2.69. The molecule has 2 unspecified atom stereocenters. The van der Waals surface area contributed by atoms with E-state index in [2.05, 4.69) is 10.0 Å². The summed E-state index contributed by atoms with van der Waals surface area (Å²) < 4.78 is 41.1. The fourth-order valence-corrected chi connectivity index (χ4v) is 5.16. The van der Waals surface area contributed by atoms with Crippen LogP contribution in [0, 0.1) is 5.82 Å². The fraction of sp³-hybridized carbons (Fsp3) is 0.538. The third kappa shape index (κ3) is 3.05. The molecule has 2 aliphatic rings. The molecule has 0 saturated carbocycles. The average Bonchev–Trinajstić information content (AvgIpc) is 2.74. The molecule has 3 rings (SSSR count). The Balaban J connectivity index is 1.83. The van der Waals surface area contributed by atoms with Crippen molar-refractivity contribution in [2.75, 3.05) is 0 Å². The number of sulfonamides is 1. The van der Waals surface area contributed by atoms with Gasteiger partial charge in [-0.15, -0.1) is 0 Å². The number of hydrogen-bond acceptors (Lipinski definition) is 3. The Labute approximate surface area is 133 Å². The molecule has 8 heteroatoms. The van der Waals surface area contributed by atoms with E-state index >= 15 is 0 Å². The Hall–Kier alpha value is -0.400. The number of rotatable bonds is 3. The number of nitrogens with one attached hydrogen (secondary N) is 2. The first-order valence-electron chi connectivity index (χ1n) is 6.78. The molecule has 2 bridgehead atoms. The second kappa shape index (κ2) is 5.66. The lowest BCUT2D eigenvalue weighted by atomic mass is 10.0. The second-order valence-electron chi connectivity index (χ2n) is 5.60. The number of halogens is 3. The van der Waals surface area contributed by atoms with E-state index in [9.17, 15) is 12.8 Å². The molecule has 2 saturated heterocycles. The summed E-state index contributed by atoms with van der Waals surface area (Å²) in [6, 6.07) is 2.99. The molecule has 2 aliphatic heterocycles. The summed E-state index contributed by atoms with van der Waals surface area (Å²) in [7, 11) is -3.86. The first kappa shape index (κ1) is 15.5. The molecule has 0 radical (unpaired) electrons. The molecule has 0 amide bonds. The minimum absolute atomic E-state index is 0.149. The van der Waals surface area contributed by atoms with Gasteiger partial charge >= 0.3 is 0 Å². The molecule has 21 heavy (non-hydrogen) atoms. The normalized spacial score (nSPS) is 28.8. The molecule has 1 aromatic carbocycles. The second-order valence-corrected chi connectivity index (χ2v) is 8.07. The Kier molecular flexibility index (Phi) is 4.18. The number of fused-ring (bicyclic) bond motifs is 2. The molecule has 2 fully saturated rings.